The van der Waals surface area contributed by atoms with E-state index in [9.17, 15) is 14.0 Å². The van der Waals surface area contributed by atoms with E-state index in [0.717, 1.165) is 6.29 Å². The van der Waals surface area contributed by atoms with Gasteiger partial charge in [0.1, 0.15) is 12.1 Å². The molecule has 0 aromatic heterocycles. The molecule has 0 radical (unpaired) electrons. The van der Waals surface area contributed by atoms with Gasteiger partial charge in [0.15, 0.2) is 0 Å². The fourth-order valence-corrected chi connectivity index (χ4v) is 3.71. The molecule has 0 saturated heterocycles. The van der Waals surface area contributed by atoms with Gasteiger partial charge in [0, 0.05) is 43.1 Å². The summed E-state index contributed by atoms with van der Waals surface area (Å²) in [6.07, 6.45) is 9.57. The molecule has 1 aliphatic carbocycles. The van der Waals surface area contributed by atoms with Crippen LogP contribution in [0, 0.1) is 11.7 Å². The average Bonchev–Trinajstić information content (AvgIpc) is 2.87. The molecule has 0 bridgehead atoms. The number of carbonyl (C=O) groups is 2. The van der Waals surface area contributed by atoms with E-state index >= 15 is 0 Å². The number of halogens is 2. The number of aliphatic carboxylic acids is 1. The van der Waals surface area contributed by atoms with Gasteiger partial charge in [0.25, 0.3) is 0 Å². The SMILES string of the molecule is CN=C(/N=C\C(=C\c1ccc(Cl)cc1N(C)c1ccccc1F)CC=O)NC1=CCC(C(=O)O)C=C1. The smallest absolute Gasteiger partial charge is 0.310 e. The van der Waals surface area contributed by atoms with Crippen molar-refractivity contribution in [2.24, 2.45) is 15.9 Å². The zero-order valence-electron chi connectivity index (χ0n) is 19.9. The number of aliphatic imine (C=N–C) groups is 2. The number of hydrogen-bond acceptors (Lipinski definition) is 4. The number of rotatable bonds is 8. The first-order chi connectivity index (χ1) is 17.3. The highest BCUT2D eigenvalue weighted by atomic mass is 35.5. The third kappa shape index (κ3) is 6.99. The number of guanidine groups is 1. The standard InChI is InChI=1S/C27H26ClFN4O3/c1-30-27(32-22-11-8-19(9-12-22)26(35)36)31-17-18(13-14-34)15-20-7-10-21(28)16-25(20)33(2)24-6-4-3-5-23(24)29/h3-8,10-12,14-17,19H,9,13H2,1-2H3,(H,30,32)(H,35,36)/b18-15+,31-17-. The van der Waals surface area contributed by atoms with Crippen LogP contribution in [0.2, 0.25) is 5.02 Å². The van der Waals surface area contributed by atoms with E-state index in [1.54, 1.807) is 79.7 Å². The number of nitrogens with one attached hydrogen (secondary N) is 1. The second-order valence-corrected chi connectivity index (χ2v) is 8.37. The summed E-state index contributed by atoms with van der Waals surface area (Å²) in [6, 6.07) is 11.6. The van der Waals surface area contributed by atoms with Gasteiger partial charge < -0.3 is 20.1 Å². The Labute approximate surface area is 214 Å². The summed E-state index contributed by atoms with van der Waals surface area (Å²) in [6.45, 7) is 0. The minimum Gasteiger partial charge on any atom is -0.481 e. The Morgan fingerprint density at radius 3 is 2.69 bits per heavy atom. The average molecular weight is 509 g/mol. The lowest BCUT2D eigenvalue weighted by Gasteiger charge is -2.22. The largest absolute Gasteiger partial charge is 0.481 e. The Morgan fingerprint density at radius 2 is 2.06 bits per heavy atom. The summed E-state index contributed by atoms with van der Waals surface area (Å²) in [5.41, 5.74) is 3.02. The lowest BCUT2D eigenvalue weighted by molar-refractivity contribution is -0.140. The Morgan fingerprint density at radius 1 is 1.28 bits per heavy atom. The number of para-hydroxylation sites is 1. The number of carboxylic acids is 1. The van der Waals surface area contributed by atoms with Crippen molar-refractivity contribution in [2.45, 2.75) is 12.8 Å². The van der Waals surface area contributed by atoms with Crippen LogP contribution in [0.5, 0.6) is 0 Å². The third-order valence-corrected chi connectivity index (χ3v) is 5.70. The first kappa shape index (κ1) is 26.6. The van der Waals surface area contributed by atoms with Gasteiger partial charge in [-0.25, -0.2) is 9.38 Å². The molecule has 36 heavy (non-hydrogen) atoms. The molecule has 2 N–H and O–H groups in total. The molecular weight excluding hydrogens is 483 g/mol. The first-order valence-corrected chi connectivity index (χ1v) is 11.5. The summed E-state index contributed by atoms with van der Waals surface area (Å²) in [5, 5.41) is 12.6. The quantitative estimate of drug-likeness (QED) is 0.282. The molecule has 7 nitrogen and oxygen atoms in total. The molecule has 0 saturated carbocycles. The fourth-order valence-electron chi connectivity index (χ4n) is 3.54. The van der Waals surface area contributed by atoms with Crippen molar-refractivity contribution in [1.29, 1.82) is 0 Å². The number of anilines is 2. The molecule has 1 unspecified atom stereocenters. The summed E-state index contributed by atoms with van der Waals surface area (Å²) in [4.78, 5) is 32.6. The minimum atomic E-state index is -0.880. The van der Waals surface area contributed by atoms with Crippen LogP contribution in [0.4, 0.5) is 15.8 Å². The highest BCUT2D eigenvalue weighted by Gasteiger charge is 2.16. The third-order valence-electron chi connectivity index (χ3n) is 5.47. The van der Waals surface area contributed by atoms with Gasteiger partial charge in [-0.05, 0) is 54.0 Å². The Balaban J connectivity index is 1.86. The van der Waals surface area contributed by atoms with Crippen LogP contribution in [-0.2, 0) is 9.59 Å². The molecule has 0 heterocycles. The summed E-state index contributed by atoms with van der Waals surface area (Å²) in [7, 11) is 3.30. The van der Waals surface area contributed by atoms with E-state index < -0.39 is 11.9 Å². The fraction of sp³-hybridized carbons (Fsp3) is 0.185. The van der Waals surface area contributed by atoms with Gasteiger partial charge in [0.2, 0.25) is 5.96 Å². The van der Waals surface area contributed by atoms with Crippen LogP contribution in [-0.4, -0.2) is 43.6 Å². The zero-order valence-corrected chi connectivity index (χ0v) is 20.6. The highest BCUT2D eigenvalue weighted by Crippen LogP contribution is 2.32. The molecule has 2 aromatic rings. The van der Waals surface area contributed by atoms with Crippen molar-refractivity contribution in [3.63, 3.8) is 0 Å². The maximum Gasteiger partial charge on any atom is 0.310 e. The van der Waals surface area contributed by atoms with E-state index in [0.29, 0.717) is 39.7 Å². The van der Waals surface area contributed by atoms with E-state index in [1.807, 2.05) is 0 Å². The molecule has 0 spiro atoms. The second-order valence-electron chi connectivity index (χ2n) is 7.93. The Bertz CT molecular complexity index is 1280. The Hall–Kier alpha value is -4.04. The van der Waals surface area contributed by atoms with Crippen molar-refractivity contribution in [2.75, 3.05) is 19.0 Å². The normalized spacial score (nSPS) is 16.1. The predicted molar refractivity (Wildman–Crippen MR) is 143 cm³/mol. The number of allylic oxidation sites excluding steroid dienone is 3. The van der Waals surface area contributed by atoms with Gasteiger partial charge >= 0.3 is 5.97 Å². The van der Waals surface area contributed by atoms with Crippen molar-refractivity contribution in [3.05, 3.63) is 88.4 Å². The van der Waals surface area contributed by atoms with Crippen LogP contribution in [0.1, 0.15) is 18.4 Å². The maximum atomic E-state index is 14.4. The number of hydrogen-bond donors (Lipinski definition) is 2. The summed E-state index contributed by atoms with van der Waals surface area (Å²) >= 11 is 6.24. The van der Waals surface area contributed by atoms with Crippen LogP contribution in [0.15, 0.2) is 81.9 Å². The molecular formula is C27H26ClFN4O3. The van der Waals surface area contributed by atoms with Gasteiger partial charge in [0.05, 0.1) is 11.6 Å². The molecule has 186 valence electrons. The number of carboxylic acid groups (broad SMARTS) is 1. The molecule has 9 heteroatoms. The second kappa shape index (κ2) is 12.6. The van der Waals surface area contributed by atoms with Gasteiger partial charge in [-0.3, -0.25) is 9.79 Å². The van der Waals surface area contributed by atoms with Crippen molar-refractivity contribution in [3.8, 4) is 0 Å². The number of nitrogens with zero attached hydrogens (tertiary/aromatic N) is 3. The topological polar surface area (TPSA) is 94.4 Å². The number of benzene rings is 2. The van der Waals surface area contributed by atoms with E-state index in [1.165, 1.54) is 12.3 Å². The molecule has 0 fully saturated rings. The predicted octanol–water partition coefficient (Wildman–Crippen LogP) is 5.41. The number of carbonyl (C=O) groups excluding carboxylic acids is 1. The van der Waals surface area contributed by atoms with E-state index in [2.05, 4.69) is 15.3 Å². The summed E-state index contributed by atoms with van der Waals surface area (Å²) < 4.78 is 14.4. The number of aldehydes is 1. The highest BCUT2D eigenvalue weighted by molar-refractivity contribution is 6.31. The molecule has 3 rings (SSSR count). The maximum absolute atomic E-state index is 14.4. The van der Waals surface area contributed by atoms with Crippen molar-refractivity contribution < 1.29 is 19.1 Å². The van der Waals surface area contributed by atoms with E-state index in [-0.39, 0.29) is 18.2 Å². The monoisotopic (exact) mass is 508 g/mol. The van der Waals surface area contributed by atoms with Crippen LogP contribution >= 0.6 is 11.6 Å². The molecule has 1 aliphatic rings. The molecule has 2 aromatic carbocycles. The van der Waals surface area contributed by atoms with Crippen LogP contribution in [0.3, 0.4) is 0 Å². The van der Waals surface area contributed by atoms with Crippen LogP contribution in [0.25, 0.3) is 6.08 Å². The van der Waals surface area contributed by atoms with Gasteiger partial charge in [-0.1, -0.05) is 42.0 Å². The van der Waals surface area contributed by atoms with Gasteiger partial charge in [-0.15, -0.1) is 0 Å². The molecule has 1 atom stereocenters. The lowest BCUT2D eigenvalue weighted by atomic mass is 10.00. The molecule has 0 amide bonds. The molecule has 0 aliphatic heterocycles. The zero-order chi connectivity index (χ0) is 26.1. The van der Waals surface area contributed by atoms with Crippen molar-refractivity contribution in [1.82, 2.24) is 5.32 Å². The minimum absolute atomic E-state index is 0.0921. The van der Waals surface area contributed by atoms with Crippen LogP contribution < -0.4 is 10.2 Å². The van der Waals surface area contributed by atoms with E-state index in [4.69, 9.17) is 16.7 Å². The van der Waals surface area contributed by atoms with Crippen molar-refractivity contribution >= 4 is 53.5 Å². The van der Waals surface area contributed by atoms with Gasteiger partial charge in [-0.2, -0.15) is 0 Å². The summed E-state index contributed by atoms with van der Waals surface area (Å²) in [5.74, 6) is -1.52. The lowest BCUT2D eigenvalue weighted by Crippen LogP contribution is -2.23. The first-order valence-electron chi connectivity index (χ1n) is 11.1. The Kier molecular flexibility index (Phi) is 9.30.